The van der Waals surface area contributed by atoms with E-state index in [-0.39, 0.29) is 0 Å². The molecular formula is C12H15N3OS. The van der Waals surface area contributed by atoms with Gasteiger partial charge in [-0.2, -0.15) is 5.26 Å². The summed E-state index contributed by atoms with van der Waals surface area (Å²) in [6, 6.07) is 6.26. The smallest absolute Gasteiger partial charge is 0.144 e. The molecule has 0 bridgehead atoms. The second kappa shape index (κ2) is 5.89. The van der Waals surface area contributed by atoms with Crippen LogP contribution in [0, 0.1) is 11.3 Å². The summed E-state index contributed by atoms with van der Waals surface area (Å²) in [4.78, 5) is 4.02. The molecule has 0 saturated carbocycles. The first-order chi connectivity index (χ1) is 8.29. The van der Waals surface area contributed by atoms with Gasteiger partial charge in [0.15, 0.2) is 0 Å². The number of hydrogen-bond acceptors (Lipinski definition) is 4. The van der Waals surface area contributed by atoms with Crippen LogP contribution in [0.1, 0.15) is 24.1 Å². The molecule has 1 fully saturated rings. The van der Waals surface area contributed by atoms with Crippen molar-refractivity contribution in [2.24, 2.45) is 0 Å². The van der Waals surface area contributed by atoms with Gasteiger partial charge in [0.1, 0.15) is 11.8 Å². The topological polar surface area (TPSA) is 65.8 Å². The number of nitrogens with one attached hydrogen (secondary N) is 1. The maximum atomic E-state index is 11.2. The third-order valence-corrected chi connectivity index (χ3v) is 4.35. The predicted octanol–water partition coefficient (Wildman–Crippen LogP) is 0.954. The lowest BCUT2D eigenvalue weighted by Crippen LogP contribution is -2.35. The Bertz CT molecular complexity index is 445. The first-order valence-electron chi connectivity index (χ1n) is 5.72. The first kappa shape index (κ1) is 12.2. The highest BCUT2D eigenvalue weighted by molar-refractivity contribution is 7.85. The van der Waals surface area contributed by atoms with E-state index in [0.717, 1.165) is 29.9 Å². The predicted molar refractivity (Wildman–Crippen MR) is 66.7 cm³/mol. The molecule has 1 aliphatic rings. The second-order valence-electron chi connectivity index (χ2n) is 4.13. The molecule has 1 aromatic rings. The average Bonchev–Trinajstić information content (AvgIpc) is 2.38. The molecule has 0 unspecified atom stereocenters. The van der Waals surface area contributed by atoms with Gasteiger partial charge < -0.3 is 5.32 Å². The number of nitriles is 1. The minimum atomic E-state index is -0.620. The third kappa shape index (κ3) is 3.35. The van der Waals surface area contributed by atoms with E-state index in [1.54, 1.807) is 6.20 Å². The van der Waals surface area contributed by atoms with Gasteiger partial charge in [0, 0.05) is 46.7 Å². The molecule has 2 rings (SSSR count). The van der Waals surface area contributed by atoms with Crippen molar-refractivity contribution in [3.63, 3.8) is 0 Å². The lowest BCUT2D eigenvalue weighted by Gasteiger charge is -2.22. The lowest BCUT2D eigenvalue weighted by atomic mass is 10.1. The summed E-state index contributed by atoms with van der Waals surface area (Å²) in [6.07, 6.45) is 3.54. The van der Waals surface area contributed by atoms with Crippen LogP contribution in [0.2, 0.25) is 0 Å². The van der Waals surface area contributed by atoms with Crippen LogP contribution < -0.4 is 5.32 Å². The fourth-order valence-corrected chi connectivity index (χ4v) is 3.23. The lowest BCUT2D eigenvalue weighted by molar-refractivity contribution is 0.474. The fraction of sp³-hybridized carbons (Fsp3) is 0.500. The van der Waals surface area contributed by atoms with Crippen LogP contribution >= 0.6 is 0 Å². The number of aromatic nitrogens is 1. The number of pyridine rings is 1. The Morgan fingerprint density at radius 2 is 2.29 bits per heavy atom. The van der Waals surface area contributed by atoms with Gasteiger partial charge in [0.25, 0.3) is 0 Å². The average molecular weight is 249 g/mol. The molecule has 5 heteroatoms. The Labute approximate surface area is 104 Å². The van der Waals surface area contributed by atoms with Gasteiger partial charge in [0.2, 0.25) is 0 Å². The molecule has 2 heterocycles. The first-order valence-corrected chi connectivity index (χ1v) is 7.21. The molecule has 1 N–H and O–H groups in total. The van der Waals surface area contributed by atoms with E-state index in [9.17, 15) is 4.21 Å². The maximum Gasteiger partial charge on any atom is 0.144 e. The van der Waals surface area contributed by atoms with E-state index >= 15 is 0 Å². The summed E-state index contributed by atoms with van der Waals surface area (Å²) in [5.41, 5.74) is 1.42. The van der Waals surface area contributed by atoms with Crippen LogP contribution in [0.5, 0.6) is 0 Å². The van der Waals surface area contributed by atoms with Crippen LogP contribution in [0.3, 0.4) is 0 Å². The monoisotopic (exact) mass is 249 g/mol. The van der Waals surface area contributed by atoms with Gasteiger partial charge in [0.05, 0.1) is 0 Å². The summed E-state index contributed by atoms with van der Waals surface area (Å²) >= 11 is 0. The van der Waals surface area contributed by atoms with E-state index < -0.39 is 10.8 Å². The highest BCUT2D eigenvalue weighted by Crippen LogP contribution is 2.11. The van der Waals surface area contributed by atoms with Crippen molar-refractivity contribution in [2.75, 3.05) is 11.5 Å². The van der Waals surface area contributed by atoms with Crippen molar-refractivity contribution < 1.29 is 4.21 Å². The molecule has 4 nitrogen and oxygen atoms in total. The number of hydrogen-bond donors (Lipinski definition) is 1. The molecule has 1 saturated heterocycles. The van der Waals surface area contributed by atoms with Crippen LogP contribution in [0.4, 0.5) is 0 Å². The van der Waals surface area contributed by atoms with Crippen LogP contribution in [-0.2, 0) is 17.3 Å². The van der Waals surface area contributed by atoms with E-state index in [0.29, 0.717) is 18.3 Å². The molecule has 1 aliphatic heterocycles. The molecule has 0 radical (unpaired) electrons. The molecule has 90 valence electrons. The Morgan fingerprint density at radius 1 is 1.53 bits per heavy atom. The van der Waals surface area contributed by atoms with Crippen LogP contribution in [0.25, 0.3) is 0 Å². The molecule has 0 aliphatic carbocycles. The van der Waals surface area contributed by atoms with E-state index in [1.165, 1.54) is 0 Å². The summed E-state index contributed by atoms with van der Waals surface area (Å²) < 4.78 is 11.2. The summed E-state index contributed by atoms with van der Waals surface area (Å²) in [5.74, 6) is 1.58. The molecule has 1 aromatic heterocycles. The fourth-order valence-electron chi connectivity index (χ4n) is 1.93. The Hall–Kier alpha value is -1.25. The van der Waals surface area contributed by atoms with E-state index in [2.05, 4.69) is 16.4 Å². The van der Waals surface area contributed by atoms with Gasteiger partial charge in [-0.1, -0.05) is 6.07 Å². The summed E-state index contributed by atoms with van der Waals surface area (Å²) in [5, 5.41) is 12.3. The number of nitrogens with zero attached hydrogens (tertiary/aromatic N) is 2. The second-order valence-corrected chi connectivity index (χ2v) is 5.82. The molecule has 0 amide bonds. The van der Waals surface area contributed by atoms with Crippen LogP contribution in [0.15, 0.2) is 18.3 Å². The quantitative estimate of drug-likeness (QED) is 0.866. The zero-order valence-corrected chi connectivity index (χ0v) is 10.4. The molecule has 0 atom stereocenters. The summed E-state index contributed by atoms with van der Waals surface area (Å²) in [7, 11) is -0.620. The highest BCUT2D eigenvalue weighted by Gasteiger charge is 2.17. The van der Waals surface area contributed by atoms with E-state index in [1.807, 2.05) is 12.1 Å². The Morgan fingerprint density at radius 3 is 3.00 bits per heavy atom. The Balaban J connectivity index is 1.90. The standard InChI is InChI=1S/C12H15N3OS/c13-8-12-10(2-1-5-14-12)9-15-11-3-6-17(16)7-4-11/h1-2,5,11,15H,3-4,6-7,9H2. The molecule has 17 heavy (non-hydrogen) atoms. The minimum absolute atomic E-state index is 0.416. The zero-order valence-electron chi connectivity index (χ0n) is 9.56. The van der Waals surface area contributed by atoms with Gasteiger partial charge in [-0.25, -0.2) is 4.98 Å². The molecule has 0 aromatic carbocycles. The SMILES string of the molecule is N#Cc1ncccc1CNC1CCS(=O)CC1. The van der Waals surface area contributed by atoms with Gasteiger partial charge in [-0.3, -0.25) is 4.21 Å². The molecule has 0 spiro atoms. The molecular weight excluding hydrogens is 234 g/mol. The van der Waals surface area contributed by atoms with Gasteiger partial charge in [-0.15, -0.1) is 0 Å². The van der Waals surface area contributed by atoms with Crippen molar-refractivity contribution in [3.8, 4) is 6.07 Å². The van der Waals surface area contributed by atoms with Crippen molar-refractivity contribution in [1.29, 1.82) is 5.26 Å². The van der Waals surface area contributed by atoms with Crippen molar-refractivity contribution in [3.05, 3.63) is 29.6 Å². The third-order valence-electron chi connectivity index (χ3n) is 2.97. The normalized spacial score (nSPS) is 24.2. The van der Waals surface area contributed by atoms with Crippen molar-refractivity contribution >= 4 is 10.8 Å². The summed E-state index contributed by atoms with van der Waals surface area (Å²) in [6.45, 7) is 0.661. The zero-order chi connectivity index (χ0) is 12.1. The maximum absolute atomic E-state index is 11.2. The highest BCUT2D eigenvalue weighted by atomic mass is 32.2. The van der Waals surface area contributed by atoms with Gasteiger partial charge >= 0.3 is 0 Å². The van der Waals surface area contributed by atoms with Crippen molar-refractivity contribution in [2.45, 2.75) is 25.4 Å². The van der Waals surface area contributed by atoms with Crippen LogP contribution in [-0.4, -0.2) is 26.7 Å². The van der Waals surface area contributed by atoms with E-state index in [4.69, 9.17) is 5.26 Å². The van der Waals surface area contributed by atoms with Crippen molar-refractivity contribution in [1.82, 2.24) is 10.3 Å². The largest absolute Gasteiger partial charge is 0.310 e. The number of rotatable bonds is 3. The van der Waals surface area contributed by atoms with Gasteiger partial charge in [-0.05, 0) is 18.9 Å². The minimum Gasteiger partial charge on any atom is -0.310 e. The Kier molecular flexibility index (Phi) is 4.24.